The van der Waals surface area contributed by atoms with Crippen molar-refractivity contribution in [2.24, 2.45) is 0 Å². The summed E-state index contributed by atoms with van der Waals surface area (Å²) in [7, 11) is 0. The summed E-state index contributed by atoms with van der Waals surface area (Å²) in [6, 6.07) is 7.38. The van der Waals surface area contributed by atoms with Crippen LogP contribution in [0.15, 0.2) is 40.3 Å². The molecule has 0 spiro atoms. The molecule has 0 aromatic carbocycles. The van der Waals surface area contributed by atoms with Gasteiger partial charge >= 0.3 is 0 Å². The predicted octanol–water partition coefficient (Wildman–Crippen LogP) is 2.36. The van der Waals surface area contributed by atoms with Gasteiger partial charge in [-0.2, -0.15) is 0 Å². The number of imidazole rings is 1. The molecule has 5 heterocycles. The van der Waals surface area contributed by atoms with E-state index in [0.717, 1.165) is 4.88 Å². The van der Waals surface area contributed by atoms with Gasteiger partial charge in [0.05, 0.1) is 17.2 Å². The molecule has 8 nitrogen and oxygen atoms in total. The Balaban J connectivity index is 1.79. The molecule has 138 valence electrons. The molecule has 0 saturated carbocycles. The number of rotatable bonds is 3. The molecule has 0 aliphatic carbocycles. The van der Waals surface area contributed by atoms with Crippen LogP contribution in [0.25, 0.3) is 33.5 Å². The SMILES string of the molecule is Nc1nc(-c2cccs2)nc2c1nc(-c1ccco1)n2[C@@H]1SC[C@H](O)C1O. The summed E-state index contributed by atoms with van der Waals surface area (Å²) in [5, 5.41) is 22.0. The summed E-state index contributed by atoms with van der Waals surface area (Å²) in [6.07, 6.45) is -0.224. The third-order valence-corrected chi connectivity index (χ3v) is 6.66. The van der Waals surface area contributed by atoms with Crippen LogP contribution in [0.1, 0.15) is 5.37 Å². The second-order valence-electron chi connectivity index (χ2n) is 6.15. The molecule has 1 saturated heterocycles. The number of aromatic nitrogens is 4. The first kappa shape index (κ1) is 16.8. The quantitative estimate of drug-likeness (QED) is 0.478. The molecule has 0 bridgehead atoms. The van der Waals surface area contributed by atoms with Crippen molar-refractivity contribution in [3.63, 3.8) is 0 Å². The van der Waals surface area contributed by atoms with Crippen molar-refractivity contribution in [1.82, 2.24) is 19.5 Å². The summed E-state index contributed by atoms with van der Waals surface area (Å²) in [5.41, 5.74) is 7.13. The van der Waals surface area contributed by atoms with E-state index in [2.05, 4.69) is 15.0 Å². The van der Waals surface area contributed by atoms with E-state index in [1.165, 1.54) is 23.1 Å². The van der Waals surface area contributed by atoms with Crippen molar-refractivity contribution < 1.29 is 14.6 Å². The lowest BCUT2D eigenvalue weighted by Crippen LogP contribution is -2.28. The summed E-state index contributed by atoms with van der Waals surface area (Å²) in [5.74, 6) is 2.19. The molecular weight excluding hydrogens is 386 g/mol. The van der Waals surface area contributed by atoms with E-state index in [0.29, 0.717) is 34.3 Å². The van der Waals surface area contributed by atoms with Crippen molar-refractivity contribution in [3.05, 3.63) is 35.9 Å². The maximum Gasteiger partial charge on any atom is 0.179 e. The molecule has 0 radical (unpaired) electrons. The summed E-state index contributed by atoms with van der Waals surface area (Å²) < 4.78 is 7.32. The number of hydrogen-bond donors (Lipinski definition) is 3. The van der Waals surface area contributed by atoms with Crippen LogP contribution in [0.2, 0.25) is 0 Å². The zero-order valence-electron chi connectivity index (χ0n) is 13.9. The lowest BCUT2D eigenvalue weighted by Gasteiger charge is -2.19. The Bertz CT molecular complexity index is 1090. The van der Waals surface area contributed by atoms with Crippen molar-refractivity contribution >= 4 is 40.1 Å². The number of thiophene rings is 1. The van der Waals surface area contributed by atoms with Crippen LogP contribution in [0.5, 0.6) is 0 Å². The Kier molecular flexibility index (Phi) is 3.93. The van der Waals surface area contributed by atoms with Crippen molar-refractivity contribution in [3.8, 4) is 22.3 Å². The van der Waals surface area contributed by atoms with Crippen LogP contribution in [0, 0.1) is 0 Å². The summed E-state index contributed by atoms with van der Waals surface area (Å²) in [6.45, 7) is 0. The Hall–Kier alpha value is -2.40. The van der Waals surface area contributed by atoms with Gasteiger partial charge in [-0.1, -0.05) is 6.07 Å². The lowest BCUT2D eigenvalue weighted by atomic mass is 10.2. The standard InChI is InChI=1S/C17H15N5O3S2/c18-13-11-16(21-14(20-13)10-4-2-6-26-10)22(17-12(24)8(23)7-27-17)15(19-11)9-3-1-5-25-9/h1-6,8,12,17,23-24H,7H2,(H2,18,20,21)/t8-,12?,17+/m0/s1. The maximum atomic E-state index is 10.5. The fourth-order valence-corrected chi connectivity index (χ4v) is 5.12. The van der Waals surface area contributed by atoms with E-state index in [9.17, 15) is 10.2 Å². The van der Waals surface area contributed by atoms with E-state index in [4.69, 9.17) is 10.2 Å². The second-order valence-corrected chi connectivity index (χ2v) is 8.24. The number of aliphatic hydroxyl groups is 2. The Morgan fingerprint density at radius 3 is 2.74 bits per heavy atom. The molecule has 4 aromatic rings. The fourth-order valence-electron chi connectivity index (χ4n) is 3.14. The van der Waals surface area contributed by atoms with Gasteiger partial charge in [0.25, 0.3) is 0 Å². The number of fused-ring (bicyclic) bond motifs is 1. The van der Waals surface area contributed by atoms with Crippen LogP contribution < -0.4 is 5.73 Å². The zero-order chi connectivity index (χ0) is 18.5. The van der Waals surface area contributed by atoms with Gasteiger partial charge in [-0.3, -0.25) is 4.57 Å². The molecular formula is C17H15N5O3S2. The van der Waals surface area contributed by atoms with Crippen molar-refractivity contribution in [2.75, 3.05) is 11.5 Å². The normalized spacial score (nSPS) is 22.7. The highest BCUT2D eigenvalue weighted by Crippen LogP contribution is 2.42. The molecule has 5 rings (SSSR count). The Morgan fingerprint density at radius 1 is 1.19 bits per heavy atom. The van der Waals surface area contributed by atoms with Gasteiger partial charge < -0.3 is 20.4 Å². The van der Waals surface area contributed by atoms with E-state index >= 15 is 0 Å². The smallest absolute Gasteiger partial charge is 0.179 e. The van der Waals surface area contributed by atoms with E-state index in [-0.39, 0.29) is 5.82 Å². The molecule has 4 N–H and O–H groups in total. The van der Waals surface area contributed by atoms with E-state index < -0.39 is 17.6 Å². The maximum absolute atomic E-state index is 10.5. The van der Waals surface area contributed by atoms with Crippen LogP contribution >= 0.6 is 23.1 Å². The average molecular weight is 401 g/mol. The molecule has 3 atom stereocenters. The molecule has 1 fully saturated rings. The molecule has 1 aliphatic rings. The monoisotopic (exact) mass is 401 g/mol. The number of furan rings is 1. The lowest BCUT2D eigenvalue weighted by molar-refractivity contribution is 0.0316. The average Bonchev–Trinajstić information content (AvgIpc) is 3.42. The first-order valence-corrected chi connectivity index (χ1v) is 10.2. The highest BCUT2D eigenvalue weighted by Gasteiger charge is 2.38. The Morgan fingerprint density at radius 2 is 2.07 bits per heavy atom. The molecule has 1 aliphatic heterocycles. The first-order chi connectivity index (χ1) is 13.1. The third-order valence-electron chi connectivity index (χ3n) is 4.43. The fraction of sp³-hybridized carbons (Fsp3) is 0.235. The van der Waals surface area contributed by atoms with Gasteiger partial charge in [0, 0.05) is 5.75 Å². The second kappa shape index (κ2) is 6.34. The number of nitrogens with zero attached hydrogens (tertiary/aromatic N) is 4. The van der Waals surface area contributed by atoms with Gasteiger partial charge in [0.15, 0.2) is 34.4 Å². The predicted molar refractivity (Wildman–Crippen MR) is 104 cm³/mol. The van der Waals surface area contributed by atoms with Gasteiger partial charge in [-0.05, 0) is 23.6 Å². The number of nitrogens with two attached hydrogens (primary N) is 1. The molecule has 0 amide bonds. The first-order valence-electron chi connectivity index (χ1n) is 8.24. The highest BCUT2D eigenvalue weighted by molar-refractivity contribution is 7.99. The van der Waals surface area contributed by atoms with Gasteiger partial charge in [0.1, 0.15) is 11.5 Å². The van der Waals surface area contributed by atoms with Crippen LogP contribution in [-0.2, 0) is 0 Å². The number of aliphatic hydroxyl groups excluding tert-OH is 2. The van der Waals surface area contributed by atoms with Gasteiger partial charge in [-0.25, -0.2) is 15.0 Å². The number of anilines is 1. The minimum atomic E-state index is -0.956. The number of nitrogen functional groups attached to an aromatic ring is 1. The van der Waals surface area contributed by atoms with Crippen molar-refractivity contribution in [1.29, 1.82) is 0 Å². The van der Waals surface area contributed by atoms with E-state index in [1.807, 2.05) is 17.5 Å². The number of hydrogen-bond acceptors (Lipinski definition) is 9. The summed E-state index contributed by atoms with van der Waals surface area (Å²) >= 11 is 2.95. The van der Waals surface area contributed by atoms with E-state index in [1.54, 1.807) is 23.0 Å². The van der Waals surface area contributed by atoms with Crippen LogP contribution in [0.3, 0.4) is 0 Å². The third kappa shape index (κ3) is 2.64. The Labute approximate surface area is 161 Å². The zero-order valence-corrected chi connectivity index (χ0v) is 15.5. The molecule has 4 aromatic heterocycles. The van der Waals surface area contributed by atoms with Gasteiger partial charge in [0.2, 0.25) is 0 Å². The molecule has 10 heteroatoms. The summed E-state index contributed by atoms with van der Waals surface area (Å²) in [4.78, 5) is 14.6. The molecule has 27 heavy (non-hydrogen) atoms. The minimum Gasteiger partial charge on any atom is -0.461 e. The number of thioether (sulfide) groups is 1. The minimum absolute atomic E-state index is 0.257. The topological polar surface area (TPSA) is 123 Å². The van der Waals surface area contributed by atoms with Crippen LogP contribution in [0.4, 0.5) is 5.82 Å². The highest BCUT2D eigenvalue weighted by atomic mass is 32.2. The van der Waals surface area contributed by atoms with Crippen LogP contribution in [-0.4, -0.2) is 47.7 Å². The van der Waals surface area contributed by atoms with Gasteiger partial charge in [-0.15, -0.1) is 23.1 Å². The largest absolute Gasteiger partial charge is 0.461 e. The van der Waals surface area contributed by atoms with Crippen molar-refractivity contribution in [2.45, 2.75) is 17.6 Å². The molecule has 1 unspecified atom stereocenters.